The van der Waals surface area contributed by atoms with Gasteiger partial charge in [-0.3, -0.25) is 9.59 Å². The second kappa shape index (κ2) is 7.79. The van der Waals surface area contributed by atoms with E-state index in [2.05, 4.69) is 11.4 Å². The highest BCUT2D eigenvalue weighted by atomic mass is 32.2. The molecule has 1 N–H and O–H groups in total. The van der Waals surface area contributed by atoms with Crippen molar-refractivity contribution < 1.29 is 19.1 Å². The average Bonchev–Trinajstić information content (AvgIpc) is 3.20. The van der Waals surface area contributed by atoms with E-state index < -0.39 is 0 Å². The summed E-state index contributed by atoms with van der Waals surface area (Å²) in [6.07, 6.45) is 0.166. The van der Waals surface area contributed by atoms with Crippen LogP contribution in [-0.2, 0) is 4.79 Å². The van der Waals surface area contributed by atoms with Gasteiger partial charge >= 0.3 is 0 Å². The zero-order chi connectivity index (χ0) is 19.5. The number of nitriles is 1. The number of nitrogens with zero attached hydrogens (tertiary/aromatic N) is 1. The molecule has 4 rings (SSSR count). The SMILES string of the molecule is N#CC1=C(SCC(=O)c2ccccc2)NC(=O)C[C@H]1c1ccc2c(c1)OCO2. The Balaban J connectivity index is 1.59. The lowest BCUT2D eigenvalue weighted by Crippen LogP contribution is -2.31. The Morgan fingerprint density at radius 2 is 1.96 bits per heavy atom. The van der Waals surface area contributed by atoms with E-state index in [9.17, 15) is 14.9 Å². The van der Waals surface area contributed by atoms with Crippen molar-refractivity contribution in [3.8, 4) is 17.6 Å². The first-order chi connectivity index (χ1) is 13.7. The molecular weight excluding hydrogens is 376 g/mol. The molecule has 1 amide bonds. The molecule has 0 spiro atoms. The zero-order valence-electron chi connectivity index (χ0n) is 14.8. The molecule has 0 fully saturated rings. The summed E-state index contributed by atoms with van der Waals surface area (Å²) in [5.41, 5.74) is 1.86. The van der Waals surface area contributed by atoms with Gasteiger partial charge in [-0.2, -0.15) is 5.26 Å². The highest BCUT2D eigenvalue weighted by Gasteiger charge is 2.31. The van der Waals surface area contributed by atoms with Crippen molar-refractivity contribution in [1.29, 1.82) is 5.26 Å². The summed E-state index contributed by atoms with van der Waals surface area (Å²) in [4.78, 5) is 24.6. The fourth-order valence-electron chi connectivity index (χ4n) is 3.19. The standard InChI is InChI=1S/C21H16N2O4S/c22-10-16-15(14-6-7-18-19(8-14)27-12-26-18)9-20(25)23-21(16)28-11-17(24)13-4-2-1-3-5-13/h1-8,15H,9,11-12H2,(H,23,25)/t15-/m0/s1. The summed E-state index contributed by atoms with van der Waals surface area (Å²) in [6.45, 7) is 0.160. The molecule has 28 heavy (non-hydrogen) atoms. The van der Waals surface area contributed by atoms with Crippen LogP contribution in [0.1, 0.15) is 28.3 Å². The number of carbonyl (C=O) groups excluding carboxylic acids is 2. The summed E-state index contributed by atoms with van der Waals surface area (Å²) in [5, 5.41) is 12.9. The number of allylic oxidation sites excluding steroid dienone is 1. The fourth-order valence-corrected chi connectivity index (χ4v) is 4.16. The zero-order valence-corrected chi connectivity index (χ0v) is 15.6. The molecule has 7 heteroatoms. The molecule has 0 aromatic heterocycles. The number of benzene rings is 2. The molecule has 2 aromatic carbocycles. The maximum atomic E-state index is 12.4. The molecular formula is C21H16N2O4S. The number of fused-ring (bicyclic) bond motifs is 1. The normalized spacial score (nSPS) is 17.8. The third kappa shape index (κ3) is 3.59. The Kier molecular flexibility index (Phi) is 5.04. The van der Waals surface area contributed by atoms with Crippen LogP contribution in [0.5, 0.6) is 11.5 Å². The van der Waals surface area contributed by atoms with Crippen molar-refractivity contribution in [2.45, 2.75) is 12.3 Å². The summed E-state index contributed by atoms with van der Waals surface area (Å²) in [6, 6.07) is 16.6. The molecule has 140 valence electrons. The second-order valence-electron chi connectivity index (χ2n) is 6.35. The van der Waals surface area contributed by atoms with Gasteiger partial charge in [-0.05, 0) is 17.7 Å². The van der Waals surface area contributed by atoms with Crippen LogP contribution in [0.2, 0.25) is 0 Å². The monoisotopic (exact) mass is 392 g/mol. The lowest BCUT2D eigenvalue weighted by atomic mass is 9.87. The Bertz CT molecular complexity index is 1010. The Labute approximate surface area is 166 Å². The van der Waals surface area contributed by atoms with Gasteiger partial charge in [0.15, 0.2) is 17.3 Å². The van der Waals surface area contributed by atoms with E-state index >= 15 is 0 Å². The van der Waals surface area contributed by atoms with Crippen molar-refractivity contribution in [3.05, 3.63) is 70.3 Å². The maximum Gasteiger partial charge on any atom is 0.231 e. The quantitative estimate of drug-likeness (QED) is 0.785. The molecule has 0 saturated carbocycles. The largest absolute Gasteiger partial charge is 0.454 e. The first-order valence-electron chi connectivity index (χ1n) is 8.70. The molecule has 2 aromatic rings. The fraction of sp³-hybridized carbons (Fsp3) is 0.190. The number of thioether (sulfide) groups is 1. The van der Waals surface area contributed by atoms with E-state index in [4.69, 9.17) is 9.47 Å². The minimum Gasteiger partial charge on any atom is -0.454 e. The predicted molar refractivity (Wildman–Crippen MR) is 104 cm³/mol. The number of rotatable bonds is 5. The Morgan fingerprint density at radius 1 is 1.18 bits per heavy atom. The van der Waals surface area contributed by atoms with Crippen molar-refractivity contribution in [2.24, 2.45) is 0 Å². The van der Waals surface area contributed by atoms with Crippen molar-refractivity contribution >= 4 is 23.5 Å². The molecule has 0 unspecified atom stereocenters. The first kappa shape index (κ1) is 18.1. The van der Waals surface area contributed by atoms with Gasteiger partial charge in [-0.15, -0.1) is 0 Å². The van der Waals surface area contributed by atoms with Gasteiger partial charge in [-0.25, -0.2) is 0 Å². The van der Waals surface area contributed by atoms with Gasteiger partial charge in [0, 0.05) is 17.9 Å². The lowest BCUT2D eigenvalue weighted by Gasteiger charge is -2.25. The molecule has 0 aliphatic carbocycles. The molecule has 2 heterocycles. The molecule has 1 atom stereocenters. The molecule has 0 saturated heterocycles. The first-order valence-corrected chi connectivity index (χ1v) is 9.69. The summed E-state index contributed by atoms with van der Waals surface area (Å²) in [7, 11) is 0. The van der Waals surface area contributed by atoms with Gasteiger partial charge in [-0.1, -0.05) is 48.2 Å². The molecule has 2 aliphatic heterocycles. The van der Waals surface area contributed by atoms with Crippen LogP contribution in [-0.4, -0.2) is 24.2 Å². The maximum absolute atomic E-state index is 12.4. The Hall–Kier alpha value is -3.24. The van der Waals surface area contributed by atoms with E-state index in [0.717, 1.165) is 5.56 Å². The van der Waals surface area contributed by atoms with Crippen LogP contribution in [0, 0.1) is 11.3 Å². The van der Waals surface area contributed by atoms with Gasteiger partial charge in [0.25, 0.3) is 0 Å². The summed E-state index contributed by atoms with van der Waals surface area (Å²) in [5.74, 6) is 0.760. The van der Waals surface area contributed by atoms with Crippen molar-refractivity contribution in [2.75, 3.05) is 12.5 Å². The van der Waals surface area contributed by atoms with Gasteiger partial charge in [0.05, 0.1) is 22.4 Å². The van der Waals surface area contributed by atoms with Gasteiger partial charge in [0.1, 0.15) is 0 Å². The average molecular weight is 392 g/mol. The number of hydrogen-bond donors (Lipinski definition) is 1. The number of nitrogens with one attached hydrogen (secondary N) is 1. The van der Waals surface area contributed by atoms with Crippen molar-refractivity contribution in [3.63, 3.8) is 0 Å². The van der Waals surface area contributed by atoms with E-state index in [1.54, 1.807) is 36.4 Å². The van der Waals surface area contributed by atoms with E-state index in [0.29, 0.717) is 27.7 Å². The van der Waals surface area contributed by atoms with E-state index in [1.165, 1.54) is 11.8 Å². The summed E-state index contributed by atoms with van der Waals surface area (Å²) < 4.78 is 10.7. The number of ether oxygens (including phenoxy) is 2. The second-order valence-corrected chi connectivity index (χ2v) is 7.34. The van der Waals surface area contributed by atoms with Crippen LogP contribution in [0.15, 0.2) is 59.1 Å². The van der Waals surface area contributed by atoms with Gasteiger partial charge < -0.3 is 14.8 Å². The van der Waals surface area contributed by atoms with E-state index in [1.807, 2.05) is 12.1 Å². The number of hydrogen-bond acceptors (Lipinski definition) is 6. The highest BCUT2D eigenvalue weighted by molar-refractivity contribution is 8.03. The van der Waals surface area contributed by atoms with Crippen LogP contribution < -0.4 is 14.8 Å². The highest BCUT2D eigenvalue weighted by Crippen LogP contribution is 2.40. The molecule has 2 aliphatic rings. The number of carbonyl (C=O) groups is 2. The van der Waals surface area contributed by atoms with Crippen LogP contribution in [0.4, 0.5) is 0 Å². The Morgan fingerprint density at radius 3 is 2.75 bits per heavy atom. The minimum atomic E-state index is -0.387. The number of ketones is 1. The summed E-state index contributed by atoms with van der Waals surface area (Å²) >= 11 is 1.18. The number of amides is 1. The van der Waals surface area contributed by atoms with Crippen LogP contribution in [0.25, 0.3) is 0 Å². The van der Waals surface area contributed by atoms with Crippen LogP contribution in [0.3, 0.4) is 0 Å². The topological polar surface area (TPSA) is 88.4 Å². The smallest absolute Gasteiger partial charge is 0.231 e. The third-order valence-electron chi connectivity index (χ3n) is 4.60. The van der Waals surface area contributed by atoms with Crippen molar-refractivity contribution in [1.82, 2.24) is 5.32 Å². The van der Waals surface area contributed by atoms with Crippen LogP contribution >= 0.6 is 11.8 Å². The molecule has 0 radical (unpaired) electrons. The van der Waals surface area contributed by atoms with Gasteiger partial charge in [0.2, 0.25) is 12.7 Å². The van der Waals surface area contributed by atoms with E-state index in [-0.39, 0.29) is 36.6 Å². The molecule has 0 bridgehead atoms. The molecule has 6 nitrogen and oxygen atoms in total. The predicted octanol–water partition coefficient (Wildman–Crippen LogP) is 3.37. The lowest BCUT2D eigenvalue weighted by molar-refractivity contribution is -0.120. The number of Topliss-reactive ketones (excluding diaryl/α,β-unsaturated/α-hetero) is 1. The minimum absolute atomic E-state index is 0.0603. The third-order valence-corrected chi connectivity index (χ3v) is 5.62.